The highest BCUT2D eigenvalue weighted by Crippen LogP contribution is 2.27. The van der Waals surface area contributed by atoms with Crippen LogP contribution in [0.4, 0.5) is 0 Å². The maximum atomic E-state index is 9.39. The van der Waals surface area contributed by atoms with Crippen LogP contribution in [0.3, 0.4) is 0 Å². The van der Waals surface area contributed by atoms with E-state index in [0.29, 0.717) is 6.42 Å². The minimum Gasteiger partial charge on any atom is -0.310 e. The Kier molecular flexibility index (Phi) is 5.24. The van der Waals surface area contributed by atoms with Gasteiger partial charge in [-0.2, -0.15) is 5.26 Å². The number of nitrogens with two attached hydrogens (primary N) is 1. The fraction of sp³-hybridized carbons (Fsp3) is 0.188. The molecular weight excluding hydrogens is 332 g/mol. The van der Waals surface area contributed by atoms with Gasteiger partial charge in [-0.3, -0.25) is 0 Å². The molecule has 2 rings (SSSR count). The zero-order valence-corrected chi connectivity index (χ0v) is 13.3. The number of thioether (sulfide) groups is 1. The Labute approximate surface area is 132 Å². The van der Waals surface area contributed by atoms with E-state index in [1.807, 2.05) is 42.5 Å². The molecule has 0 heterocycles. The zero-order chi connectivity index (χ0) is 14.4. The molecule has 0 saturated heterocycles. The number of benzene rings is 2. The summed E-state index contributed by atoms with van der Waals surface area (Å²) in [6.45, 7) is 0. The van der Waals surface area contributed by atoms with Crippen molar-refractivity contribution in [2.45, 2.75) is 16.9 Å². The van der Waals surface area contributed by atoms with Crippen LogP contribution >= 0.6 is 27.7 Å². The molecule has 2 aromatic rings. The van der Waals surface area contributed by atoms with Crippen LogP contribution in [0.5, 0.6) is 0 Å². The van der Waals surface area contributed by atoms with Crippen LogP contribution in [0.1, 0.15) is 12.0 Å². The van der Waals surface area contributed by atoms with Crippen molar-refractivity contribution in [3.63, 3.8) is 0 Å². The molecule has 2 nitrogen and oxygen atoms in total. The predicted molar refractivity (Wildman–Crippen MR) is 87.4 cm³/mol. The molecule has 0 spiro atoms. The summed E-state index contributed by atoms with van der Waals surface area (Å²) < 4.78 is 1.06. The lowest BCUT2D eigenvalue weighted by atomic mass is 9.90. The van der Waals surface area contributed by atoms with Gasteiger partial charge in [0.1, 0.15) is 5.54 Å². The number of rotatable bonds is 5. The molecule has 102 valence electrons. The first-order chi connectivity index (χ1) is 9.64. The van der Waals surface area contributed by atoms with E-state index in [4.69, 9.17) is 5.73 Å². The van der Waals surface area contributed by atoms with Crippen molar-refractivity contribution in [1.29, 1.82) is 5.26 Å². The van der Waals surface area contributed by atoms with Gasteiger partial charge in [0, 0.05) is 15.1 Å². The molecule has 20 heavy (non-hydrogen) atoms. The molecule has 0 amide bonds. The largest absolute Gasteiger partial charge is 0.310 e. The quantitative estimate of drug-likeness (QED) is 0.820. The van der Waals surface area contributed by atoms with Gasteiger partial charge in [0.2, 0.25) is 0 Å². The topological polar surface area (TPSA) is 49.8 Å². The van der Waals surface area contributed by atoms with Gasteiger partial charge in [0.25, 0.3) is 0 Å². The van der Waals surface area contributed by atoms with E-state index in [9.17, 15) is 5.26 Å². The van der Waals surface area contributed by atoms with Gasteiger partial charge in [-0.15, -0.1) is 11.8 Å². The highest BCUT2D eigenvalue weighted by molar-refractivity contribution is 9.10. The van der Waals surface area contributed by atoms with Crippen molar-refractivity contribution in [2.75, 3.05) is 5.75 Å². The van der Waals surface area contributed by atoms with Gasteiger partial charge in [0.15, 0.2) is 0 Å². The Morgan fingerprint density at radius 3 is 2.55 bits per heavy atom. The van der Waals surface area contributed by atoms with Crippen LogP contribution in [-0.2, 0) is 5.54 Å². The van der Waals surface area contributed by atoms with Crippen molar-refractivity contribution in [3.05, 3.63) is 64.6 Å². The van der Waals surface area contributed by atoms with Crippen molar-refractivity contribution in [1.82, 2.24) is 0 Å². The molecule has 1 unspecified atom stereocenters. The van der Waals surface area contributed by atoms with E-state index in [0.717, 1.165) is 15.8 Å². The zero-order valence-electron chi connectivity index (χ0n) is 10.9. The molecule has 1 atom stereocenters. The summed E-state index contributed by atoms with van der Waals surface area (Å²) in [5.74, 6) is 0.801. The van der Waals surface area contributed by atoms with Crippen LogP contribution in [0, 0.1) is 11.3 Å². The fourth-order valence-electron chi connectivity index (χ4n) is 1.89. The Balaban J connectivity index is 2.00. The van der Waals surface area contributed by atoms with Crippen molar-refractivity contribution >= 4 is 27.7 Å². The molecule has 0 fully saturated rings. The van der Waals surface area contributed by atoms with Crippen molar-refractivity contribution in [2.24, 2.45) is 5.73 Å². The minimum atomic E-state index is -0.916. The van der Waals surface area contributed by atoms with Crippen LogP contribution in [0.2, 0.25) is 0 Å². The number of hydrogen-bond acceptors (Lipinski definition) is 3. The summed E-state index contributed by atoms with van der Waals surface area (Å²) in [5, 5.41) is 9.39. The fourth-order valence-corrected chi connectivity index (χ4v) is 3.48. The maximum absolute atomic E-state index is 9.39. The van der Waals surface area contributed by atoms with E-state index in [-0.39, 0.29) is 0 Å². The highest BCUT2D eigenvalue weighted by atomic mass is 79.9. The Morgan fingerprint density at radius 2 is 1.90 bits per heavy atom. The molecular formula is C16H15BrN2S. The summed E-state index contributed by atoms with van der Waals surface area (Å²) in [6.07, 6.45) is 0.616. The summed E-state index contributed by atoms with van der Waals surface area (Å²) in [5.41, 5.74) is 6.19. The maximum Gasteiger partial charge on any atom is 0.130 e. The van der Waals surface area contributed by atoms with Gasteiger partial charge >= 0.3 is 0 Å². The molecule has 0 radical (unpaired) electrons. The molecule has 0 aliphatic rings. The third kappa shape index (κ3) is 3.86. The van der Waals surface area contributed by atoms with Gasteiger partial charge in [-0.05, 0) is 30.2 Å². The lowest BCUT2D eigenvalue weighted by Gasteiger charge is -2.21. The minimum absolute atomic E-state index is 0.616. The van der Waals surface area contributed by atoms with Crippen LogP contribution < -0.4 is 5.73 Å². The SMILES string of the molecule is N#CC(N)(CCSc1cccc(Br)c1)c1ccccc1. The first-order valence-electron chi connectivity index (χ1n) is 6.28. The average molecular weight is 347 g/mol. The van der Waals surface area contributed by atoms with Crippen LogP contribution in [0.15, 0.2) is 64.0 Å². The van der Waals surface area contributed by atoms with Gasteiger partial charge < -0.3 is 5.73 Å². The average Bonchev–Trinajstić information content (AvgIpc) is 2.48. The first-order valence-corrected chi connectivity index (χ1v) is 8.06. The van der Waals surface area contributed by atoms with E-state index in [2.05, 4.69) is 34.1 Å². The molecule has 4 heteroatoms. The molecule has 2 aromatic carbocycles. The van der Waals surface area contributed by atoms with E-state index >= 15 is 0 Å². The van der Waals surface area contributed by atoms with Crippen molar-refractivity contribution < 1.29 is 0 Å². The Hall–Kier alpha value is -1.28. The Morgan fingerprint density at radius 1 is 1.15 bits per heavy atom. The molecule has 0 saturated carbocycles. The van der Waals surface area contributed by atoms with Gasteiger partial charge in [-0.25, -0.2) is 0 Å². The third-order valence-corrected chi connectivity index (χ3v) is 4.54. The molecule has 0 bridgehead atoms. The van der Waals surface area contributed by atoms with Gasteiger partial charge in [-0.1, -0.05) is 52.3 Å². The highest BCUT2D eigenvalue weighted by Gasteiger charge is 2.26. The van der Waals surface area contributed by atoms with E-state index < -0.39 is 5.54 Å². The van der Waals surface area contributed by atoms with Crippen molar-refractivity contribution in [3.8, 4) is 6.07 Å². The lowest BCUT2D eigenvalue weighted by Crippen LogP contribution is -2.35. The lowest BCUT2D eigenvalue weighted by molar-refractivity contribution is 0.560. The van der Waals surface area contributed by atoms with E-state index in [1.54, 1.807) is 11.8 Å². The molecule has 0 aliphatic heterocycles. The predicted octanol–water partition coefficient (Wildman–Crippen LogP) is 4.31. The second kappa shape index (κ2) is 6.94. The smallest absolute Gasteiger partial charge is 0.130 e. The standard InChI is InChI=1S/C16H15BrN2S/c17-14-7-4-8-15(11-14)20-10-9-16(19,12-18)13-5-2-1-3-6-13/h1-8,11H,9-10,19H2. The number of nitrogens with zero attached hydrogens (tertiary/aromatic N) is 1. The molecule has 2 N–H and O–H groups in total. The summed E-state index contributed by atoms with van der Waals surface area (Å²) in [6, 6.07) is 19.9. The number of nitriles is 1. The summed E-state index contributed by atoms with van der Waals surface area (Å²) >= 11 is 5.16. The third-order valence-electron chi connectivity index (χ3n) is 3.05. The molecule has 0 aromatic heterocycles. The number of halogens is 1. The number of hydrogen-bond donors (Lipinski definition) is 1. The first kappa shape index (κ1) is 15.1. The summed E-state index contributed by atoms with van der Waals surface area (Å²) in [4.78, 5) is 1.17. The van der Waals surface area contributed by atoms with E-state index in [1.165, 1.54) is 4.90 Å². The van der Waals surface area contributed by atoms with Crippen LogP contribution in [-0.4, -0.2) is 5.75 Å². The second-order valence-electron chi connectivity index (χ2n) is 4.51. The molecule has 0 aliphatic carbocycles. The Bertz CT molecular complexity index is 609. The monoisotopic (exact) mass is 346 g/mol. The normalized spacial score (nSPS) is 13.4. The second-order valence-corrected chi connectivity index (χ2v) is 6.59. The summed E-state index contributed by atoms with van der Waals surface area (Å²) in [7, 11) is 0. The van der Waals surface area contributed by atoms with Crippen LogP contribution in [0.25, 0.3) is 0 Å². The van der Waals surface area contributed by atoms with Gasteiger partial charge in [0.05, 0.1) is 6.07 Å².